The molecule has 27 heavy (non-hydrogen) atoms. The molecule has 0 unspecified atom stereocenters. The number of carbonyl (C=O) groups is 2. The standard InChI is InChI=1S/C21H19ClFNO3/c22-14-7-5-13(6-8-14)15-11-24(12-16(15)19(25)26)20(27)21(9-10-21)17-3-1-2-4-18(17)23/h1-8,15-16H,9-12H2,(H,25,26)/t15-,16+/m0/s1. The first-order valence-electron chi connectivity index (χ1n) is 8.95. The van der Waals surface area contributed by atoms with E-state index in [9.17, 15) is 19.1 Å². The van der Waals surface area contributed by atoms with E-state index < -0.39 is 17.3 Å². The van der Waals surface area contributed by atoms with Crippen molar-refractivity contribution in [3.8, 4) is 0 Å². The lowest BCUT2D eigenvalue weighted by Gasteiger charge is -2.24. The quantitative estimate of drug-likeness (QED) is 0.867. The van der Waals surface area contributed by atoms with Crippen LogP contribution in [-0.4, -0.2) is 35.0 Å². The topological polar surface area (TPSA) is 57.6 Å². The molecule has 2 aromatic rings. The molecule has 4 nitrogen and oxygen atoms in total. The molecule has 1 heterocycles. The fourth-order valence-corrected chi connectivity index (χ4v) is 4.27. The zero-order valence-electron chi connectivity index (χ0n) is 14.6. The molecule has 2 aromatic carbocycles. The van der Waals surface area contributed by atoms with E-state index in [2.05, 4.69) is 0 Å². The van der Waals surface area contributed by atoms with Gasteiger partial charge >= 0.3 is 5.97 Å². The summed E-state index contributed by atoms with van der Waals surface area (Å²) in [6, 6.07) is 13.4. The Kier molecular flexibility index (Phi) is 4.42. The predicted molar refractivity (Wildman–Crippen MR) is 99.2 cm³/mol. The van der Waals surface area contributed by atoms with Crippen LogP contribution < -0.4 is 0 Å². The zero-order chi connectivity index (χ0) is 19.2. The minimum absolute atomic E-state index is 0.137. The Morgan fingerprint density at radius 3 is 2.33 bits per heavy atom. The zero-order valence-corrected chi connectivity index (χ0v) is 15.3. The van der Waals surface area contributed by atoms with E-state index in [-0.39, 0.29) is 24.2 Å². The highest BCUT2D eigenvalue weighted by atomic mass is 35.5. The molecule has 1 aliphatic heterocycles. The van der Waals surface area contributed by atoms with Gasteiger partial charge in [0, 0.05) is 29.6 Å². The maximum atomic E-state index is 14.3. The first-order chi connectivity index (χ1) is 12.9. The van der Waals surface area contributed by atoms with Gasteiger partial charge in [-0.15, -0.1) is 0 Å². The molecule has 2 atom stereocenters. The van der Waals surface area contributed by atoms with Gasteiger partial charge in [0.15, 0.2) is 0 Å². The molecule has 4 rings (SSSR count). The van der Waals surface area contributed by atoms with Gasteiger partial charge in [-0.2, -0.15) is 0 Å². The Morgan fingerprint density at radius 2 is 1.74 bits per heavy atom. The molecule has 0 spiro atoms. The van der Waals surface area contributed by atoms with Crippen molar-refractivity contribution in [3.63, 3.8) is 0 Å². The van der Waals surface area contributed by atoms with E-state index in [1.54, 1.807) is 47.4 Å². The number of carboxylic acids is 1. The lowest BCUT2D eigenvalue weighted by molar-refractivity contribution is -0.142. The van der Waals surface area contributed by atoms with Gasteiger partial charge in [0.2, 0.25) is 5.91 Å². The van der Waals surface area contributed by atoms with Crippen molar-refractivity contribution < 1.29 is 19.1 Å². The maximum Gasteiger partial charge on any atom is 0.308 e. The SMILES string of the molecule is O=C(O)[C@@H]1CN(C(=O)C2(c3ccccc3F)CC2)C[C@H]1c1ccc(Cl)cc1. The van der Waals surface area contributed by atoms with E-state index in [1.165, 1.54) is 6.07 Å². The van der Waals surface area contributed by atoms with Crippen LogP contribution in [0.5, 0.6) is 0 Å². The van der Waals surface area contributed by atoms with E-state index in [0.29, 0.717) is 30.0 Å². The molecule has 6 heteroatoms. The van der Waals surface area contributed by atoms with Crippen LogP contribution in [0.1, 0.15) is 29.9 Å². The number of carbonyl (C=O) groups excluding carboxylic acids is 1. The van der Waals surface area contributed by atoms with Crippen LogP contribution in [0.4, 0.5) is 4.39 Å². The Balaban J connectivity index is 1.61. The smallest absolute Gasteiger partial charge is 0.308 e. The van der Waals surface area contributed by atoms with Crippen molar-refractivity contribution in [2.24, 2.45) is 5.92 Å². The average molecular weight is 388 g/mol. The van der Waals surface area contributed by atoms with Crippen LogP contribution in [0.15, 0.2) is 48.5 Å². The van der Waals surface area contributed by atoms with Gasteiger partial charge in [0.25, 0.3) is 0 Å². The predicted octanol–water partition coefficient (Wildman–Crippen LogP) is 3.84. The largest absolute Gasteiger partial charge is 0.481 e. The number of halogens is 2. The van der Waals surface area contributed by atoms with Crippen molar-refractivity contribution >= 4 is 23.5 Å². The Bertz CT molecular complexity index is 895. The van der Waals surface area contributed by atoms with Crippen LogP contribution in [0.3, 0.4) is 0 Å². The number of nitrogens with zero attached hydrogens (tertiary/aromatic N) is 1. The molecule has 1 aliphatic carbocycles. The molecule has 1 saturated carbocycles. The van der Waals surface area contributed by atoms with Gasteiger partial charge in [0.05, 0.1) is 11.3 Å². The number of hydrogen-bond acceptors (Lipinski definition) is 2. The summed E-state index contributed by atoms with van der Waals surface area (Å²) < 4.78 is 14.3. The Morgan fingerprint density at radius 1 is 1.07 bits per heavy atom. The molecular weight excluding hydrogens is 369 g/mol. The average Bonchev–Trinajstić information content (AvgIpc) is 3.33. The third-order valence-electron chi connectivity index (χ3n) is 5.77. The normalized spacial score (nSPS) is 23.3. The van der Waals surface area contributed by atoms with Gasteiger partial charge in [-0.25, -0.2) is 4.39 Å². The van der Waals surface area contributed by atoms with Gasteiger partial charge in [0.1, 0.15) is 5.82 Å². The van der Waals surface area contributed by atoms with E-state index in [0.717, 1.165) is 5.56 Å². The minimum Gasteiger partial charge on any atom is -0.481 e. The number of likely N-dealkylation sites (tertiary alicyclic amines) is 1. The lowest BCUT2D eigenvalue weighted by atomic mass is 9.89. The van der Waals surface area contributed by atoms with Crippen molar-refractivity contribution in [2.75, 3.05) is 13.1 Å². The third kappa shape index (κ3) is 3.10. The van der Waals surface area contributed by atoms with Gasteiger partial charge in [-0.1, -0.05) is 41.9 Å². The molecule has 2 aliphatic rings. The third-order valence-corrected chi connectivity index (χ3v) is 6.02. The maximum absolute atomic E-state index is 14.3. The molecule has 0 aromatic heterocycles. The summed E-state index contributed by atoms with van der Waals surface area (Å²) in [7, 11) is 0. The fourth-order valence-electron chi connectivity index (χ4n) is 4.14. The van der Waals surface area contributed by atoms with E-state index in [4.69, 9.17) is 11.6 Å². The highest BCUT2D eigenvalue weighted by Crippen LogP contribution is 2.51. The number of aliphatic carboxylic acids is 1. The first kappa shape index (κ1) is 18.0. The summed E-state index contributed by atoms with van der Waals surface area (Å²) in [5.41, 5.74) is 0.415. The van der Waals surface area contributed by atoms with E-state index in [1.807, 2.05) is 0 Å². The second-order valence-electron chi connectivity index (χ2n) is 7.37. The Hall–Kier alpha value is -2.40. The molecular formula is C21H19ClFNO3. The number of carboxylic acid groups (broad SMARTS) is 1. The Labute approximate surface area is 161 Å². The molecule has 1 amide bonds. The number of amides is 1. The number of benzene rings is 2. The van der Waals surface area contributed by atoms with Crippen LogP contribution in [0.2, 0.25) is 5.02 Å². The molecule has 1 saturated heterocycles. The molecule has 140 valence electrons. The van der Waals surface area contributed by atoms with Crippen LogP contribution >= 0.6 is 11.6 Å². The minimum atomic E-state index is -0.930. The summed E-state index contributed by atoms with van der Waals surface area (Å²) in [5, 5.41) is 10.2. The summed E-state index contributed by atoms with van der Waals surface area (Å²) in [5.74, 6) is -2.48. The molecule has 0 radical (unpaired) electrons. The molecule has 1 N–H and O–H groups in total. The summed E-state index contributed by atoms with van der Waals surface area (Å²) in [6.45, 7) is 0.450. The summed E-state index contributed by atoms with van der Waals surface area (Å²) in [4.78, 5) is 26.6. The van der Waals surface area contributed by atoms with E-state index >= 15 is 0 Å². The highest BCUT2D eigenvalue weighted by molar-refractivity contribution is 6.30. The molecule has 2 fully saturated rings. The lowest BCUT2D eigenvalue weighted by Crippen LogP contribution is -2.38. The van der Waals surface area contributed by atoms with Crippen molar-refractivity contribution in [2.45, 2.75) is 24.2 Å². The van der Waals surface area contributed by atoms with Gasteiger partial charge in [-0.05, 0) is 36.6 Å². The fraction of sp³-hybridized carbons (Fsp3) is 0.333. The molecule has 0 bridgehead atoms. The van der Waals surface area contributed by atoms with Gasteiger partial charge < -0.3 is 10.0 Å². The second kappa shape index (κ2) is 6.64. The first-order valence-corrected chi connectivity index (χ1v) is 9.33. The highest BCUT2D eigenvalue weighted by Gasteiger charge is 2.56. The summed E-state index contributed by atoms with van der Waals surface area (Å²) in [6.07, 6.45) is 1.18. The van der Waals surface area contributed by atoms with Crippen molar-refractivity contribution in [1.29, 1.82) is 0 Å². The number of hydrogen-bond donors (Lipinski definition) is 1. The van der Waals surface area contributed by atoms with Crippen LogP contribution in [0.25, 0.3) is 0 Å². The van der Waals surface area contributed by atoms with Gasteiger partial charge in [-0.3, -0.25) is 9.59 Å². The number of rotatable bonds is 4. The van der Waals surface area contributed by atoms with Crippen molar-refractivity contribution in [1.82, 2.24) is 4.90 Å². The van der Waals surface area contributed by atoms with Crippen molar-refractivity contribution in [3.05, 3.63) is 70.5 Å². The monoisotopic (exact) mass is 387 g/mol. The van der Waals surface area contributed by atoms with Crippen LogP contribution in [-0.2, 0) is 15.0 Å². The summed E-state index contributed by atoms with van der Waals surface area (Å²) >= 11 is 5.93. The second-order valence-corrected chi connectivity index (χ2v) is 7.81. The van der Waals surface area contributed by atoms with Crippen LogP contribution in [0, 0.1) is 11.7 Å².